The summed E-state index contributed by atoms with van der Waals surface area (Å²) < 4.78 is 30.9. The molecule has 2 rings (SSSR count). The van der Waals surface area contributed by atoms with Crippen molar-refractivity contribution in [3.8, 4) is 0 Å². The minimum absolute atomic E-state index is 0.279. The number of hydrogen-bond acceptors (Lipinski definition) is 4. The highest BCUT2D eigenvalue weighted by atomic mass is 32.2. The quantitative estimate of drug-likeness (QED) is 0.810. The highest BCUT2D eigenvalue weighted by molar-refractivity contribution is 7.89. The van der Waals surface area contributed by atoms with Crippen molar-refractivity contribution in [3.05, 3.63) is 28.8 Å². The smallest absolute Gasteiger partial charge is 0.244 e. The lowest BCUT2D eigenvalue weighted by Crippen LogP contribution is -2.26. The molecule has 0 aliphatic carbocycles. The van der Waals surface area contributed by atoms with Gasteiger partial charge in [0.1, 0.15) is 4.90 Å². The van der Waals surface area contributed by atoms with Crippen LogP contribution in [0.1, 0.15) is 29.2 Å². The van der Waals surface area contributed by atoms with Crippen LogP contribution in [0.25, 0.3) is 0 Å². The van der Waals surface area contributed by atoms with E-state index < -0.39 is 10.0 Å². The molecule has 0 aliphatic heterocycles. The second-order valence-corrected chi connectivity index (χ2v) is 7.23. The van der Waals surface area contributed by atoms with Gasteiger partial charge in [-0.3, -0.25) is 9.36 Å². The summed E-state index contributed by atoms with van der Waals surface area (Å²) in [6.45, 7) is 8.45. The van der Waals surface area contributed by atoms with Gasteiger partial charge in [-0.05, 0) is 40.2 Å². The maximum atomic E-state index is 12.4. The molecular formula is C14H23N5O2S. The highest BCUT2D eigenvalue weighted by Gasteiger charge is 2.23. The van der Waals surface area contributed by atoms with E-state index in [0.29, 0.717) is 30.9 Å². The van der Waals surface area contributed by atoms with Gasteiger partial charge in [0.25, 0.3) is 0 Å². The summed E-state index contributed by atoms with van der Waals surface area (Å²) in [6.07, 6.45) is 0.680. The van der Waals surface area contributed by atoms with Crippen molar-refractivity contribution in [3.63, 3.8) is 0 Å². The number of nitrogens with one attached hydrogen (secondary N) is 1. The molecule has 0 saturated carbocycles. The minimum atomic E-state index is -3.52. The van der Waals surface area contributed by atoms with E-state index in [-0.39, 0.29) is 4.90 Å². The monoisotopic (exact) mass is 325 g/mol. The second-order valence-electron chi connectivity index (χ2n) is 5.53. The first-order valence-electron chi connectivity index (χ1n) is 7.23. The summed E-state index contributed by atoms with van der Waals surface area (Å²) in [7, 11) is -1.78. The van der Waals surface area contributed by atoms with Crippen molar-refractivity contribution in [2.45, 2.75) is 45.6 Å². The molecule has 2 aromatic heterocycles. The summed E-state index contributed by atoms with van der Waals surface area (Å²) in [5.41, 5.74) is 3.22. The number of nitrogens with zero attached hydrogens (tertiary/aromatic N) is 4. The SMILES string of the molecule is Cc1cc(C)n(CCCNS(=O)(=O)c2c(C)nn(C)c2C)n1. The first-order valence-corrected chi connectivity index (χ1v) is 8.71. The maximum Gasteiger partial charge on any atom is 0.244 e. The maximum absolute atomic E-state index is 12.4. The van der Waals surface area contributed by atoms with Crippen LogP contribution in [-0.2, 0) is 23.6 Å². The third-order valence-electron chi connectivity index (χ3n) is 3.65. The van der Waals surface area contributed by atoms with E-state index in [1.54, 1.807) is 25.6 Å². The molecule has 0 amide bonds. The number of rotatable bonds is 6. The van der Waals surface area contributed by atoms with Crippen LogP contribution < -0.4 is 4.72 Å². The molecule has 122 valence electrons. The summed E-state index contributed by atoms with van der Waals surface area (Å²) >= 11 is 0. The van der Waals surface area contributed by atoms with E-state index in [1.165, 1.54) is 0 Å². The molecule has 0 spiro atoms. The average Bonchev–Trinajstić information content (AvgIpc) is 2.85. The number of aromatic nitrogens is 4. The van der Waals surface area contributed by atoms with Crippen LogP contribution in [0.2, 0.25) is 0 Å². The molecule has 2 aromatic rings. The predicted octanol–water partition coefficient (Wildman–Crippen LogP) is 1.22. The summed E-state index contributed by atoms with van der Waals surface area (Å²) in [5, 5.41) is 8.51. The second kappa shape index (κ2) is 6.21. The van der Waals surface area contributed by atoms with Gasteiger partial charge in [0, 0.05) is 25.8 Å². The Kier molecular flexibility index (Phi) is 4.72. The van der Waals surface area contributed by atoms with Crippen molar-refractivity contribution >= 4 is 10.0 Å². The molecule has 2 heterocycles. The Morgan fingerprint density at radius 2 is 1.86 bits per heavy atom. The van der Waals surface area contributed by atoms with E-state index >= 15 is 0 Å². The predicted molar refractivity (Wildman–Crippen MR) is 84.2 cm³/mol. The van der Waals surface area contributed by atoms with Crippen LogP contribution >= 0.6 is 0 Å². The molecular weight excluding hydrogens is 302 g/mol. The lowest BCUT2D eigenvalue weighted by atomic mass is 10.4. The molecule has 7 nitrogen and oxygen atoms in total. The van der Waals surface area contributed by atoms with Crippen LogP contribution in [0.15, 0.2) is 11.0 Å². The van der Waals surface area contributed by atoms with E-state index in [4.69, 9.17) is 0 Å². The first kappa shape index (κ1) is 16.7. The standard InChI is InChI=1S/C14H23N5O2S/c1-10-9-11(2)19(16-10)8-6-7-15-22(20,21)14-12(3)17-18(5)13(14)4/h9,15H,6-8H2,1-5H3. The molecule has 0 aromatic carbocycles. The van der Waals surface area contributed by atoms with Gasteiger partial charge < -0.3 is 0 Å². The number of aryl methyl sites for hydroxylation is 5. The average molecular weight is 325 g/mol. The normalized spacial score (nSPS) is 12.0. The summed E-state index contributed by atoms with van der Waals surface area (Å²) in [6, 6.07) is 2.01. The molecule has 0 unspecified atom stereocenters. The van der Waals surface area contributed by atoms with Crippen molar-refractivity contribution in [2.75, 3.05) is 6.54 Å². The number of sulfonamides is 1. The minimum Gasteiger partial charge on any atom is -0.271 e. The van der Waals surface area contributed by atoms with Crippen LogP contribution in [-0.4, -0.2) is 34.5 Å². The van der Waals surface area contributed by atoms with Gasteiger partial charge in [0.15, 0.2) is 0 Å². The molecule has 0 aliphatic rings. The zero-order valence-electron chi connectivity index (χ0n) is 13.7. The summed E-state index contributed by atoms with van der Waals surface area (Å²) in [4.78, 5) is 0.279. The molecule has 1 N–H and O–H groups in total. The van der Waals surface area contributed by atoms with E-state index in [0.717, 1.165) is 11.4 Å². The fourth-order valence-corrected chi connectivity index (χ4v) is 4.06. The molecule has 0 saturated heterocycles. The Morgan fingerprint density at radius 3 is 2.36 bits per heavy atom. The molecule has 22 heavy (non-hydrogen) atoms. The zero-order valence-corrected chi connectivity index (χ0v) is 14.5. The van der Waals surface area contributed by atoms with Crippen molar-refractivity contribution in [2.24, 2.45) is 7.05 Å². The lowest BCUT2D eigenvalue weighted by Gasteiger charge is -2.08. The van der Waals surface area contributed by atoms with Gasteiger partial charge in [-0.1, -0.05) is 0 Å². The van der Waals surface area contributed by atoms with Gasteiger partial charge in [-0.25, -0.2) is 13.1 Å². The molecule has 8 heteroatoms. The Balaban J connectivity index is 1.97. The topological polar surface area (TPSA) is 81.8 Å². The van der Waals surface area contributed by atoms with Gasteiger partial charge >= 0.3 is 0 Å². The van der Waals surface area contributed by atoms with Crippen LogP contribution in [0.3, 0.4) is 0 Å². The first-order chi connectivity index (χ1) is 10.2. The van der Waals surface area contributed by atoms with Crippen molar-refractivity contribution < 1.29 is 8.42 Å². The fraction of sp³-hybridized carbons (Fsp3) is 0.571. The van der Waals surface area contributed by atoms with Gasteiger partial charge in [-0.15, -0.1) is 0 Å². The van der Waals surface area contributed by atoms with Gasteiger partial charge in [0.2, 0.25) is 10.0 Å². The zero-order chi connectivity index (χ0) is 16.5. The Bertz CT molecular complexity index is 773. The molecule has 0 bridgehead atoms. The third kappa shape index (κ3) is 3.38. The largest absolute Gasteiger partial charge is 0.271 e. The molecule has 0 fully saturated rings. The third-order valence-corrected chi connectivity index (χ3v) is 5.37. The van der Waals surface area contributed by atoms with Crippen LogP contribution in [0.5, 0.6) is 0 Å². The lowest BCUT2D eigenvalue weighted by molar-refractivity contribution is 0.543. The van der Waals surface area contributed by atoms with Crippen LogP contribution in [0, 0.1) is 27.7 Å². The van der Waals surface area contributed by atoms with Gasteiger partial charge in [0.05, 0.1) is 17.1 Å². The fourth-order valence-electron chi connectivity index (χ4n) is 2.55. The Hall–Kier alpha value is -1.67. The highest BCUT2D eigenvalue weighted by Crippen LogP contribution is 2.18. The Labute approximate surface area is 131 Å². The molecule has 0 radical (unpaired) electrons. The van der Waals surface area contributed by atoms with Gasteiger partial charge in [-0.2, -0.15) is 10.2 Å². The van der Waals surface area contributed by atoms with Crippen molar-refractivity contribution in [1.29, 1.82) is 0 Å². The van der Waals surface area contributed by atoms with Crippen LogP contribution in [0.4, 0.5) is 0 Å². The van der Waals surface area contributed by atoms with E-state index in [2.05, 4.69) is 14.9 Å². The number of hydrogen-bond donors (Lipinski definition) is 1. The Morgan fingerprint density at radius 1 is 1.18 bits per heavy atom. The van der Waals surface area contributed by atoms with Crippen molar-refractivity contribution in [1.82, 2.24) is 24.3 Å². The molecule has 0 atom stereocenters. The van der Waals surface area contributed by atoms with E-state index in [1.807, 2.05) is 24.6 Å². The van der Waals surface area contributed by atoms with E-state index in [9.17, 15) is 8.42 Å². The summed E-state index contributed by atoms with van der Waals surface area (Å²) in [5.74, 6) is 0.